The number of nitrogens with zero attached hydrogens (tertiary/aromatic N) is 2. The van der Waals surface area contributed by atoms with Crippen molar-refractivity contribution in [2.45, 2.75) is 0 Å². The Hall–Kier alpha value is -0.890. The molecule has 96 valence electrons. The van der Waals surface area contributed by atoms with Gasteiger partial charge in [0.25, 0.3) is 0 Å². The van der Waals surface area contributed by atoms with E-state index in [4.69, 9.17) is 22.9 Å². The van der Waals surface area contributed by atoms with Gasteiger partial charge in [0.05, 0.1) is 0 Å². The second-order valence-electron chi connectivity index (χ2n) is 3.41. The van der Waals surface area contributed by atoms with Crippen LogP contribution in [0.4, 0.5) is 4.79 Å². The monoisotopic (exact) mass is 232 g/mol. The third-order valence-corrected chi connectivity index (χ3v) is 2.14. The summed E-state index contributed by atoms with van der Waals surface area (Å²) >= 11 is 0. The minimum atomic E-state index is -0.0909. The summed E-state index contributed by atoms with van der Waals surface area (Å²) in [6, 6.07) is -0.0909. The molecule has 0 aromatic heterocycles. The number of hydrogen-bond acceptors (Lipinski definition) is 5. The van der Waals surface area contributed by atoms with Gasteiger partial charge in [-0.15, -0.1) is 0 Å². The van der Waals surface area contributed by atoms with Crippen LogP contribution in [0, 0.1) is 0 Å². The minimum absolute atomic E-state index is 0.0909. The first-order valence-electron chi connectivity index (χ1n) is 5.55. The van der Waals surface area contributed by atoms with Gasteiger partial charge in [-0.1, -0.05) is 0 Å². The molecule has 0 heterocycles. The fourth-order valence-corrected chi connectivity index (χ4v) is 1.43. The van der Waals surface area contributed by atoms with Crippen LogP contribution in [-0.4, -0.2) is 68.2 Å². The van der Waals surface area contributed by atoms with E-state index in [9.17, 15) is 4.79 Å². The first-order valence-corrected chi connectivity index (χ1v) is 5.55. The molecule has 2 amide bonds. The molecular formula is C9H24N6O. The fourth-order valence-electron chi connectivity index (χ4n) is 1.43. The molecule has 7 heteroatoms. The maximum atomic E-state index is 12.0. The third-order valence-electron chi connectivity index (χ3n) is 2.14. The average Bonchev–Trinajstić information content (AvgIpc) is 2.27. The number of nitrogens with two attached hydrogens (primary N) is 4. The van der Waals surface area contributed by atoms with Gasteiger partial charge in [0.2, 0.25) is 0 Å². The molecule has 0 saturated carbocycles. The van der Waals surface area contributed by atoms with Crippen LogP contribution < -0.4 is 22.9 Å². The molecule has 0 spiro atoms. The van der Waals surface area contributed by atoms with Crippen LogP contribution in [0.15, 0.2) is 0 Å². The minimum Gasteiger partial charge on any atom is -0.329 e. The summed E-state index contributed by atoms with van der Waals surface area (Å²) in [6.45, 7) is 3.69. The van der Waals surface area contributed by atoms with Gasteiger partial charge in [-0.3, -0.25) is 0 Å². The van der Waals surface area contributed by atoms with Crippen molar-refractivity contribution in [3.05, 3.63) is 0 Å². The van der Waals surface area contributed by atoms with Gasteiger partial charge in [-0.05, 0) is 0 Å². The van der Waals surface area contributed by atoms with Gasteiger partial charge in [-0.25, -0.2) is 4.79 Å². The molecule has 16 heavy (non-hydrogen) atoms. The first kappa shape index (κ1) is 15.1. The van der Waals surface area contributed by atoms with Gasteiger partial charge in [-0.2, -0.15) is 0 Å². The molecule has 0 aliphatic carbocycles. The second kappa shape index (κ2) is 9.34. The highest BCUT2D eigenvalue weighted by Crippen LogP contribution is 1.97. The Morgan fingerprint density at radius 1 is 0.688 bits per heavy atom. The van der Waals surface area contributed by atoms with Crippen molar-refractivity contribution < 1.29 is 4.79 Å². The Bertz CT molecular complexity index is 159. The molecule has 0 fully saturated rings. The van der Waals surface area contributed by atoms with Crippen LogP contribution in [-0.2, 0) is 0 Å². The van der Waals surface area contributed by atoms with Crippen LogP contribution in [0.5, 0.6) is 0 Å². The summed E-state index contributed by atoms with van der Waals surface area (Å²) in [4.78, 5) is 15.3. The van der Waals surface area contributed by atoms with Crippen molar-refractivity contribution in [3.63, 3.8) is 0 Å². The summed E-state index contributed by atoms with van der Waals surface area (Å²) < 4.78 is 0. The maximum absolute atomic E-state index is 12.0. The predicted molar refractivity (Wildman–Crippen MR) is 64.8 cm³/mol. The van der Waals surface area contributed by atoms with Gasteiger partial charge in [0.15, 0.2) is 0 Å². The molecule has 0 rings (SSSR count). The summed E-state index contributed by atoms with van der Waals surface area (Å²) in [5, 5.41) is 0. The maximum Gasteiger partial charge on any atom is 0.320 e. The van der Waals surface area contributed by atoms with Crippen LogP contribution >= 0.6 is 0 Å². The molecule has 0 radical (unpaired) electrons. The van der Waals surface area contributed by atoms with E-state index in [1.807, 2.05) is 0 Å². The molecule has 0 aliphatic rings. The Balaban J connectivity index is 4.38. The highest BCUT2D eigenvalue weighted by molar-refractivity contribution is 5.74. The Morgan fingerprint density at radius 3 is 1.12 bits per heavy atom. The smallest absolute Gasteiger partial charge is 0.320 e. The zero-order valence-corrected chi connectivity index (χ0v) is 9.77. The standard InChI is InChI=1S/C9H24N6O/c10-1-5-14(6-2-11)9(16)15(7-3-12)8-4-13/h1-8,10-13H2. The highest BCUT2D eigenvalue weighted by atomic mass is 16.2. The average molecular weight is 232 g/mol. The van der Waals surface area contributed by atoms with Crippen molar-refractivity contribution in [2.24, 2.45) is 22.9 Å². The van der Waals surface area contributed by atoms with Crippen LogP contribution in [0.1, 0.15) is 0 Å². The summed E-state index contributed by atoms with van der Waals surface area (Å²) in [5.74, 6) is 0. The molecule has 0 unspecified atom stereocenters. The Morgan fingerprint density at radius 2 is 0.938 bits per heavy atom. The van der Waals surface area contributed by atoms with Gasteiger partial charge in [0.1, 0.15) is 0 Å². The van der Waals surface area contributed by atoms with E-state index in [0.29, 0.717) is 52.4 Å². The number of urea groups is 1. The normalized spacial score (nSPS) is 10.2. The predicted octanol–water partition coefficient (Wildman–Crippen LogP) is -2.45. The number of amides is 2. The summed E-state index contributed by atoms with van der Waals surface area (Å²) in [7, 11) is 0. The lowest BCUT2D eigenvalue weighted by Gasteiger charge is -2.29. The SMILES string of the molecule is NCCN(CCN)C(=O)N(CCN)CCN. The number of rotatable bonds is 8. The number of hydrogen-bond donors (Lipinski definition) is 4. The molecule has 0 aliphatic heterocycles. The molecule has 0 bridgehead atoms. The second-order valence-corrected chi connectivity index (χ2v) is 3.41. The first-order chi connectivity index (χ1) is 7.71. The topological polar surface area (TPSA) is 128 Å². The van der Waals surface area contributed by atoms with Gasteiger partial charge in [0, 0.05) is 52.4 Å². The molecule has 0 aromatic rings. The Labute approximate surface area is 96.7 Å². The fraction of sp³-hybridized carbons (Fsp3) is 0.889. The van der Waals surface area contributed by atoms with Crippen molar-refractivity contribution in [3.8, 4) is 0 Å². The van der Waals surface area contributed by atoms with Crippen molar-refractivity contribution in [1.29, 1.82) is 0 Å². The third kappa shape index (κ3) is 5.26. The van der Waals surface area contributed by atoms with E-state index in [1.165, 1.54) is 0 Å². The molecular weight excluding hydrogens is 208 g/mol. The van der Waals surface area contributed by atoms with E-state index >= 15 is 0 Å². The largest absolute Gasteiger partial charge is 0.329 e. The lowest BCUT2D eigenvalue weighted by atomic mass is 10.4. The number of carbonyl (C=O) groups excluding carboxylic acids is 1. The molecule has 0 aromatic carbocycles. The van der Waals surface area contributed by atoms with Crippen LogP contribution in [0.3, 0.4) is 0 Å². The summed E-state index contributed by atoms with van der Waals surface area (Å²) in [5.41, 5.74) is 21.8. The van der Waals surface area contributed by atoms with E-state index < -0.39 is 0 Å². The zero-order valence-electron chi connectivity index (χ0n) is 9.77. The summed E-state index contributed by atoms with van der Waals surface area (Å²) in [6.07, 6.45) is 0. The van der Waals surface area contributed by atoms with Gasteiger partial charge < -0.3 is 32.7 Å². The van der Waals surface area contributed by atoms with Crippen molar-refractivity contribution in [1.82, 2.24) is 9.80 Å². The van der Waals surface area contributed by atoms with Crippen molar-refractivity contribution >= 4 is 6.03 Å². The lowest BCUT2D eigenvalue weighted by Crippen LogP contribution is -2.49. The van der Waals surface area contributed by atoms with E-state index in [0.717, 1.165) is 0 Å². The molecule has 7 nitrogen and oxygen atoms in total. The zero-order chi connectivity index (χ0) is 12.4. The molecule has 0 saturated heterocycles. The molecule has 0 atom stereocenters. The van der Waals surface area contributed by atoms with Gasteiger partial charge >= 0.3 is 6.03 Å². The lowest BCUT2D eigenvalue weighted by molar-refractivity contribution is 0.157. The van der Waals surface area contributed by atoms with Crippen LogP contribution in [0.2, 0.25) is 0 Å². The van der Waals surface area contributed by atoms with E-state index in [1.54, 1.807) is 9.80 Å². The highest BCUT2D eigenvalue weighted by Gasteiger charge is 2.18. The number of carbonyl (C=O) groups is 1. The molecule has 8 N–H and O–H groups in total. The van der Waals surface area contributed by atoms with E-state index in [-0.39, 0.29) is 6.03 Å². The quantitative estimate of drug-likeness (QED) is 0.369. The van der Waals surface area contributed by atoms with E-state index in [2.05, 4.69) is 0 Å². The van der Waals surface area contributed by atoms with Crippen molar-refractivity contribution in [2.75, 3.05) is 52.4 Å². The van der Waals surface area contributed by atoms with Crippen LogP contribution in [0.25, 0.3) is 0 Å². The Kier molecular flexibility index (Phi) is 8.82.